The van der Waals surface area contributed by atoms with Crippen molar-refractivity contribution < 1.29 is 24.6 Å². The number of amides is 1. The molecule has 1 amide bonds. The van der Waals surface area contributed by atoms with Crippen molar-refractivity contribution in [2.45, 2.75) is 19.8 Å². The van der Waals surface area contributed by atoms with E-state index in [1.54, 1.807) is 24.3 Å². The summed E-state index contributed by atoms with van der Waals surface area (Å²) < 4.78 is 0. The molecule has 32 heavy (non-hydrogen) atoms. The average molecular weight is 432 g/mol. The molecule has 1 aliphatic heterocycles. The number of para-hydroxylation sites is 1. The van der Waals surface area contributed by atoms with E-state index in [0.29, 0.717) is 11.3 Å². The monoisotopic (exact) mass is 432 g/mol. The second-order valence-electron chi connectivity index (χ2n) is 7.40. The summed E-state index contributed by atoms with van der Waals surface area (Å²) in [5, 5.41) is 17.4. The van der Waals surface area contributed by atoms with Crippen LogP contribution in [0.25, 0.3) is 0 Å². The van der Waals surface area contributed by atoms with Crippen LogP contribution >= 0.6 is 0 Å². The second-order valence-corrected chi connectivity index (χ2v) is 7.40. The van der Waals surface area contributed by atoms with Crippen molar-refractivity contribution in [3.8, 4) is 0 Å². The van der Waals surface area contributed by atoms with Gasteiger partial charge in [0.25, 0.3) is 5.91 Å². The Morgan fingerprint density at radius 3 is 2.03 bits per heavy atom. The number of rotatable bonds is 3. The van der Waals surface area contributed by atoms with Crippen LogP contribution in [0.15, 0.2) is 66.7 Å². The molecule has 3 aromatic rings. The molecule has 4 rings (SSSR count). The number of carboxylic acid groups (broad SMARTS) is 2. The van der Waals surface area contributed by atoms with E-state index >= 15 is 0 Å². The zero-order chi connectivity index (χ0) is 23.3. The minimum atomic E-state index is -1.11. The van der Waals surface area contributed by atoms with Crippen LogP contribution in [0.2, 0.25) is 0 Å². The van der Waals surface area contributed by atoms with Gasteiger partial charge in [0.05, 0.1) is 11.1 Å². The van der Waals surface area contributed by atoms with Crippen LogP contribution in [0.1, 0.15) is 48.6 Å². The van der Waals surface area contributed by atoms with E-state index in [4.69, 9.17) is 15.9 Å². The van der Waals surface area contributed by atoms with Gasteiger partial charge in [0, 0.05) is 23.5 Å². The number of anilines is 2. The van der Waals surface area contributed by atoms with Crippen LogP contribution in [0.5, 0.6) is 0 Å². The number of nitrogen functional groups attached to an aromatic ring is 1. The first-order valence-corrected chi connectivity index (χ1v) is 10.1. The molecule has 0 atom stereocenters. The summed E-state index contributed by atoms with van der Waals surface area (Å²) in [5.74, 6) is -2.17. The fourth-order valence-corrected chi connectivity index (χ4v) is 3.63. The number of fused-ring (bicyclic) bond motifs is 1. The van der Waals surface area contributed by atoms with Gasteiger partial charge in [0.1, 0.15) is 0 Å². The molecule has 0 aromatic heterocycles. The number of aromatic carboxylic acids is 2. The van der Waals surface area contributed by atoms with Gasteiger partial charge in [-0.1, -0.05) is 24.3 Å². The Balaban J connectivity index is 0.000000195. The highest BCUT2D eigenvalue weighted by molar-refractivity contribution is 6.06. The van der Waals surface area contributed by atoms with Gasteiger partial charge in [-0.3, -0.25) is 4.79 Å². The number of carboxylic acids is 2. The molecule has 7 nitrogen and oxygen atoms in total. The number of hydrogen-bond donors (Lipinski definition) is 3. The lowest BCUT2D eigenvalue weighted by molar-refractivity contribution is 0.0696. The number of carbonyl (C=O) groups is 3. The first kappa shape index (κ1) is 22.6. The minimum Gasteiger partial charge on any atom is -0.478 e. The SMILES string of the molecule is Cc1c(C(=O)O)cccc1C(=O)O.Nc1ccc(C(=O)N2CCCc3ccccc32)cc1. The summed E-state index contributed by atoms with van der Waals surface area (Å²) in [6.45, 7) is 2.26. The van der Waals surface area contributed by atoms with Gasteiger partial charge >= 0.3 is 11.9 Å². The molecule has 1 heterocycles. The molecule has 0 saturated heterocycles. The van der Waals surface area contributed by atoms with Crippen LogP contribution in [0, 0.1) is 6.92 Å². The van der Waals surface area contributed by atoms with Gasteiger partial charge in [-0.05, 0) is 73.4 Å². The highest BCUT2D eigenvalue weighted by Crippen LogP contribution is 2.28. The first-order valence-electron chi connectivity index (χ1n) is 10.1. The molecule has 0 unspecified atom stereocenters. The van der Waals surface area contributed by atoms with Gasteiger partial charge in [0.15, 0.2) is 0 Å². The highest BCUT2D eigenvalue weighted by Gasteiger charge is 2.23. The normalized spacial score (nSPS) is 12.2. The molecule has 0 radical (unpaired) electrons. The topological polar surface area (TPSA) is 121 Å². The average Bonchev–Trinajstić information content (AvgIpc) is 2.79. The molecular weight excluding hydrogens is 408 g/mol. The van der Waals surface area contributed by atoms with E-state index in [0.717, 1.165) is 25.1 Å². The van der Waals surface area contributed by atoms with Gasteiger partial charge in [-0.15, -0.1) is 0 Å². The predicted molar refractivity (Wildman–Crippen MR) is 122 cm³/mol. The number of carbonyl (C=O) groups excluding carboxylic acids is 1. The molecular formula is C25H24N2O5. The van der Waals surface area contributed by atoms with E-state index in [2.05, 4.69) is 6.07 Å². The summed E-state index contributed by atoms with van der Waals surface area (Å²) in [6, 6.07) is 19.4. The summed E-state index contributed by atoms with van der Waals surface area (Å²) in [5.41, 5.74) is 9.64. The van der Waals surface area contributed by atoms with Gasteiger partial charge in [-0.25, -0.2) is 9.59 Å². The maximum atomic E-state index is 12.6. The maximum absolute atomic E-state index is 12.6. The van der Waals surface area contributed by atoms with Crippen molar-refractivity contribution in [1.82, 2.24) is 0 Å². The van der Waals surface area contributed by atoms with E-state index in [1.165, 1.54) is 30.7 Å². The molecule has 7 heteroatoms. The number of benzene rings is 3. The van der Waals surface area contributed by atoms with E-state index in [9.17, 15) is 14.4 Å². The van der Waals surface area contributed by atoms with Crippen LogP contribution in [-0.4, -0.2) is 34.6 Å². The molecule has 4 N–H and O–H groups in total. The van der Waals surface area contributed by atoms with Gasteiger partial charge in [-0.2, -0.15) is 0 Å². The second kappa shape index (κ2) is 9.78. The van der Waals surface area contributed by atoms with Crippen LogP contribution in [0.3, 0.4) is 0 Å². The zero-order valence-corrected chi connectivity index (χ0v) is 17.6. The molecule has 0 bridgehead atoms. The lowest BCUT2D eigenvalue weighted by Crippen LogP contribution is -2.35. The molecule has 0 spiro atoms. The maximum Gasteiger partial charge on any atom is 0.335 e. The smallest absolute Gasteiger partial charge is 0.335 e. The van der Waals surface area contributed by atoms with Gasteiger partial charge in [0.2, 0.25) is 0 Å². The highest BCUT2D eigenvalue weighted by atomic mass is 16.4. The quantitative estimate of drug-likeness (QED) is 0.532. The molecule has 1 aliphatic rings. The van der Waals surface area contributed by atoms with E-state index in [1.807, 2.05) is 23.1 Å². The lowest BCUT2D eigenvalue weighted by atomic mass is 10.0. The third kappa shape index (κ3) is 4.95. The Morgan fingerprint density at radius 2 is 1.44 bits per heavy atom. The van der Waals surface area contributed by atoms with Crippen molar-refractivity contribution in [3.05, 3.63) is 94.5 Å². The molecule has 3 aromatic carbocycles. The number of nitrogens with zero attached hydrogens (tertiary/aromatic N) is 1. The van der Waals surface area contributed by atoms with E-state index < -0.39 is 11.9 Å². The van der Waals surface area contributed by atoms with Crippen LogP contribution in [0.4, 0.5) is 11.4 Å². The van der Waals surface area contributed by atoms with E-state index in [-0.39, 0.29) is 22.6 Å². The van der Waals surface area contributed by atoms with Crippen molar-refractivity contribution in [1.29, 1.82) is 0 Å². The Kier molecular flexibility index (Phi) is 6.90. The van der Waals surface area contributed by atoms with Crippen molar-refractivity contribution >= 4 is 29.2 Å². The molecule has 0 saturated carbocycles. The van der Waals surface area contributed by atoms with Crippen molar-refractivity contribution in [2.24, 2.45) is 0 Å². The Morgan fingerprint density at radius 1 is 0.844 bits per heavy atom. The minimum absolute atomic E-state index is 0.0277. The molecule has 0 fully saturated rings. The third-order valence-electron chi connectivity index (χ3n) is 5.31. The third-order valence-corrected chi connectivity index (χ3v) is 5.31. The van der Waals surface area contributed by atoms with Crippen LogP contribution in [-0.2, 0) is 6.42 Å². The molecule has 164 valence electrons. The predicted octanol–water partition coefficient (Wildman–Crippen LogP) is 4.25. The lowest BCUT2D eigenvalue weighted by Gasteiger charge is -2.29. The fourth-order valence-electron chi connectivity index (χ4n) is 3.63. The summed E-state index contributed by atoms with van der Waals surface area (Å²) in [7, 11) is 0. The first-order chi connectivity index (χ1) is 15.3. The summed E-state index contributed by atoms with van der Waals surface area (Å²) in [4.78, 5) is 35.6. The Labute approximate surface area is 185 Å². The standard InChI is InChI=1S/C16H16N2O.C9H8O4/c17-14-9-7-13(8-10-14)16(19)18-11-3-5-12-4-1-2-6-15(12)18;1-5-6(8(10)11)3-2-4-7(5)9(12)13/h1-2,4,6-10H,3,5,11,17H2;2-4H,1H3,(H,10,11)(H,12,13). The van der Waals surface area contributed by atoms with Crippen LogP contribution < -0.4 is 10.6 Å². The summed E-state index contributed by atoms with van der Waals surface area (Å²) in [6.07, 6.45) is 2.05. The molecule has 0 aliphatic carbocycles. The Hall–Kier alpha value is -4.13. The number of hydrogen-bond acceptors (Lipinski definition) is 4. The number of aryl methyl sites for hydroxylation is 1. The van der Waals surface area contributed by atoms with Gasteiger partial charge < -0.3 is 20.8 Å². The fraction of sp³-hybridized carbons (Fsp3) is 0.160. The summed E-state index contributed by atoms with van der Waals surface area (Å²) >= 11 is 0. The number of nitrogens with two attached hydrogens (primary N) is 1. The zero-order valence-electron chi connectivity index (χ0n) is 17.6. The van der Waals surface area contributed by atoms with Crippen molar-refractivity contribution in [3.63, 3.8) is 0 Å². The van der Waals surface area contributed by atoms with Crippen molar-refractivity contribution in [2.75, 3.05) is 17.2 Å². The Bertz CT molecular complexity index is 1120. The largest absolute Gasteiger partial charge is 0.478 e.